The summed E-state index contributed by atoms with van der Waals surface area (Å²) in [7, 11) is 1.29. The Labute approximate surface area is 82.5 Å². The Hall–Kier alpha value is -1.21. The molecular weight excluding hydrogens is 216 g/mol. The largest absolute Gasteiger partial charge is 0.398 e. The fourth-order valence-corrected chi connectivity index (χ4v) is 1.14. The van der Waals surface area contributed by atoms with Crippen LogP contribution < -0.4 is 5.73 Å². The normalized spacial score (nSPS) is 11.4. The van der Waals surface area contributed by atoms with Gasteiger partial charge >= 0.3 is 0 Å². The van der Waals surface area contributed by atoms with Crippen molar-refractivity contribution in [3.63, 3.8) is 0 Å². The third kappa shape index (κ3) is 2.36. The predicted molar refractivity (Wildman–Crippen MR) is 48.7 cm³/mol. The summed E-state index contributed by atoms with van der Waals surface area (Å²) < 4.78 is 3.75. The number of nitrogens with zero attached hydrogens (tertiary/aromatic N) is 3. The van der Waals surface area contributed by atoms with Crippen molar-refractivity contribution < 1.29 is 9.63 Å². The van der Waals surface area contributed by atoms with Gasteiger partial charge in [0.15, 0.2) is 5.13 Å². The van der Waals surface area contributed by atoms with E-state index in [9.17, 15) is 4.79 Å². The number of nitrogen functional groups attached to an aromatic ring is 1. The second-order valence-electron chi connectivity index (χ2n) is 1.85. The first-order valence-corrected chi connectivity index (χ1v) is 4.21. The van der Waals surface area contributed by atoms with Crippen LogP contribution in [0, 0.1) is 0 Å². The van der Waals surface area contributed by atoms with E-state index in [0.717, 1.165) is 11.5 Å². The minimum atomic E-state index is -0.792. The second-order valence-corrected chi connectivity index (χ2v) is 2.98. The van der Waals surface area contributed by atoms with Crippen molar-refractivity contribution in [2.75, 3.05) is 12.8 Å². The molecule has 0 spiro atoms. The molecule has 2 N–H and O–H groups in total. The summed E-state index contributed by atoms with van der Waals surface area (Å²) in [6.45, 7) is 0. The molecule has 1 heterocycles. The number of anilines is 1. The summed E-state index contributed by atoms with van der Waals surface area (Å²) in [6, 6.07) is 0. The lowest BCUT2D eigenvalue weighted by atomic mass is 10.4. The molecule has 0 bridgehead atoms. The fraction of sp³-hybridized carbons (Fsp3) is 0.200. The first kappa shape index (κ1) is 9.87. The van der Waals surface area contributed by atoms with Crippen LogP contribution in [0.3, 0.4) is 0 Å². The molecule has 1 aromatic rings. The van der Waals surface area contributed by atoms with Gasteiger partial charge in [-0.3, -0.25) is 4.79 Å². The summed E-state index contributed by atoms with van der Waals surface area (Å²) in [5.41, 5.74) is 5.15. The summed E-state index contributed by atoms with van der Waals surface area (Å²) in [4.78, 5) is 18.9. The van der Waals surface area contributed by atoms with E-state index in [1.54, 1.807) is 0 Å². The predicted octanol–water partition coefficient (Wildman–Crippen LogP) is 0.236. The smallest absolute Gasteiger partial charge is 0.278 e. The van der Waals surface area contributed by atoms with Gasteiger partial charge in [-0.25, -0.2) is 0 Å². The SMILES string of the molecule is CO/N=C(\C(=O)Cl)c1nsc(N)n1. The lowest BCUT2D eigenvalue weighted by Crippen LogP contribution is -2.12. The molecule has 0 aliphatic rings. The van der Waals surface area contributed by atoms with Gasteiger partial charge in [0.25, 0.3) is 5.24 Å². The first-order chi connectivity index (χ1) is 6.15. The topological polar surface area (TPSA) is 90.5 Å². The summed E-state index contributed by atoms with van der Waals surface area (Å²) in [6.07, 6.45) is 0. The first-order valence-electron chi connectivity index (χ1n) is 3.05. The minimum Gasteiger partial charge on any atom is -0.398 e. The Morgan fingerprint density at radius 3 is 2.85 bits per heavy atom. The van der Waals surface area contributed by atoms with E-state index in [1.165, 1.54) is 7.11 Å². The highest BCUT2D eigenvalue weighted by Crippen LogP contribution is 2.08. The third-order valence-electron chi connectivity index (χ3n) is 1.02. The van der Waals surface area contributed by atoms with Gasteiger partial charge < -0.3 is 10.6 Å². The quantitative estimate of drug-likeness (QED) is 0.448. The zero-order valence-corrected chi connectivity index (χ0v) is 8.09. The number of hydrogen-bond acceptors (Lipinski definition) is 7. The average molecular weight is 221 g/mol. The number of carbonyl (C=O) groups excluding carboxylic acids is 1. The van der Waals surface area contributed by atoms with E-state index in [4.69, 9.17) is 17.3 Å². The number of hydrogen-bond donors (Lipinski definition) is 1. The molecule has 0 aliphatic heterocycles. The molecule has 0 aliphatic carbocycles. The van der Waals surface area contributed by atoms with Crippen LogP contribution in [0.15, 0.2) is 5.16 Å². The van der Waals surface area contributed by atoms with Crippen LogP contribution in [0.1, 0.15) is 5.82 Å². The van der Waals surface area contributed by atoms with Crippen molar-refractivity contribution >= 4 is 39.2 Å². The Kier molecular flexibility index (Phi) is 3.15. The van der Waals surface area contributed by atoms with Gasteiger partial charge in [-0.15, -0.1) is 0 Å². The van der Waals surface area contributed by atoms with Crippen molar-refractivity contribution in [3.8, 4) is 0 Å². The molecule has 0 atom stereocenters. The second kappa shape index (κ2) is 4.15. The number of rotatable bonds is 3. The Balaban J connectivity index is 3.02. The average Bonchev–Trinajstić information content (AvgIpc) is 2.46. The lowest BCUT2D eigenvalue weighted by Gasteiger charge is -1.92. The molecule has 0 saturated heterocycles. The molecule has 13 heavy (non-hydrogen) atoms. The number of carbonyl (C=O) groups is 1. The van der Waals surface area contributed by atoms with Crippen LogP contribution >= 0.6 is 23.1 Å². The van der Waals surface area contributed by atoms with Gasteiger partial charge in [-0.05, 0) is 11.6 Å². The minimum absolute atomic E-state index is 0.0735. The highest BCUT2D eigenvalue weighted by molar-refractivity contribution is 7.09. The van der Waals surface area contributed by atoms with E-state index in [-0.39, 0.29) is 16.7 Å². The summed E-state index contributed by atoms with van der Waals surface area (Å²) in [5, 5.41) is 2.81. The van der Waals surface area contributed by atoms with Gasteiger partial charge in [0.2, 0.25) is 11.5 Å². The molecule has 0 fully saturated rings. The van der Waals surface area contributed by atoms with Gasteiger partial charge in [-0.2, -0.15) is 9.36 Å². The lowest BCUT2D eigenvalue weighted by molar-refractivity contribution is -0.106. The van der Waals surface area contributed by atoms with Crippen LogP contribution in [-0.2, 0) is 9.63 Å². The number of nitrogens with two attached hydrogens (primary N) is 1. The van der Waals surface area contributed by atoms with Crippen molar-refractivity contribution in [2.45, 2.75) is 0 Å². The fourth-order valence-electron chi connectivity index (χ4n) is 0.587. The molecule has 0 amide bonds. The van der Waals surface area contributed by atoms with Crippen molar-refractivity contribution in [2.24, 2.45) is 5.16 Å². The maximum absolute atomic E-state index is 10.8. The maximum Gasteiger partial charge on any atom is 0.278 e. The molecule has 8 heteroatoms. The van der Waals surface area contributed by atoms with Crippen molar-refractivity contribution in [1.82, 2.24) is 9.36 Å². The monoisotopic (exact) mass is 220 g/mol. The standard InChI is InChI=1S/C5H5ClN4O2S/c1-12-9-2(3(6)11)4-8-5(7)13-10-4/h1H3,(H2,7,8,10)/b9-2+. The highest BCUT2D eigenvalue weighted by atomic mass is 35.5. The number of oxime groups is 1. The Morgan fingerprint density at radius 2 is 2.46 bits per heavy atom. The zero-order valence-electron chi connectivity index (χ0n) is 6.52. The van der Waals surface area contributed by atoms with Crippen LogP contribution in [0.4, 0.5) is 5.13 Å². The van der Waals surface area contributed by atoms with Gasteiger partial charge in [0, 0.05) is 11.5 Å². The van der Waals surface area contributed by atoms with E-state index in [1.807, 2.05) is 0 Å². The van der Waals surface area contributed by atoms with Gasteiger partial charge in [-0.1, -0.05) is 5.16 Å². The summed E-state index contributed by atoms with van der Waals surface area (Å²) >= 11 is 6.15. The highest BCUT2D eigenvalue weighted by Gasteiger charge is 2.17. The molecule has 0 radical (unpaired) electrons. The van der Waals surface area contributed by atoms with Gasteiger partial charge in [0.1, 0.15) is 7.11 Å². The zero-order chi connectivity index (χ0) is 9.84. The van der Waals surface area contributed by atoms with E-state index >= 15 is 0 Å². The Bertz CT molecular complexity index is 350. The number of halogens is 1. The van der Waals surface area contributed by atoms with Crippen LogP contribution in [0.25, 0.3) is 0 Å². The molecule has 1 aromatic heterocycles. The van der Waals surface area contributed by atoms with Crippen LogP contribution in [0.5, 0.6) is 0 Å². The molecule has 70 valence electrons. The molecule has 1 rings (SSSR count). The van der Waals surface area contributed by atoms with Crippen LogP contribution in [0.2, 0.25) is 0 Å². The van der Waals surface area contributed by atoms with Crippen molar-refractivity contribution in [3.05, 3.63) is 5.82 Å². The molecule has 0 saturated carbocycles. The third-order valence-corrected chi connectivity index (χ3v) is 1.74. The van der Waals surface area contributed by atoms with Gasteiger partial charge in [0.05, 0.1) is 0 Å². The number of aromatic nitrogens is 2. The molecular formula is C5H5ClN4O2S. The molecule has 6 nitrogen and oxygen atoms in total. The van der Waals surface area contributed by atoms with Crippen LogP contribution in [-0.4, -0.2) is 27.4 Å². The molecule has 0 aromatic carbocycles. The van der Waals surface area contributed by atoms with E-state index in [2.05, 4.69) is 19.4 Å². The van der Waals surface area contributed by atoms with E-state index < -0.39 is 5.24 Å². The molecule has 0 unspecified atom stereocenters. The Morgan fingerprint density at radius 1 is 1.77 bits per heavy atom. The summed E-state index contributed by atoms with van der Waals surface area (Å²) in [5.74, 6) is 0.0735. The maximum atomic E-state index is 10.8. The van der Waals surface area contributed by atoms with E-state index in [0.29, 0.717) is 0 Å². The van der Waals surface area contributed by atoms with Crippen molar-refractivity contribution in [1.29, 1.82) is 0 Å².